The van der Waals surface area contributed by atoms with E-state index in [9.17, 15) is 4.79 Å². The van der Waals surface area contributed by atoms with Crippen LogP contribution in [-0.4, -0.2) is 11.1 Å². The van der Waals surface area contributed by atoms with E-state index in [1.165, 1.54) is 0 Å². The number of aliphatic carboxylic acids is 1. The molecule has 0 spiro atoms. The summed E-state index contributed by atoms with van der Waals surface area (Å²) in [6.45, 7) is 7.59. The second kappa shape index (κ2) is 4.94. The van der Waals surface area contributed by atoms with Gasteiger partial charge in [-0.2, -0.15) is 0 Å². The van der Waals surface area contributed by atoms with Crippen LogP contribution in [-0.2, 0) is 4.79 Å². The highest BCUT2D eigenvalue weighted by molar-refractivity contribution is 5.86. The Balaban J connectivity index is 4.02. The molecule has 0 fully saturated rings. The molecule has 64 valence electrons. The van der Waals surface area contributed by atoms with E-state index in [-0.39, 0.29) is 5.92 Å². The SMILES string of the molecule is C=C(C(=O)O)C(CC)CCC. The van der Waals surface area contributed by atoms with Crippen LogP contribution in [0.15, 0.2) is 12.2 Å². The largest absolute Gasteiger partial charge is 0.478 e. The molecule has 0 amide bonds. The topological polar surface area (TPSA) is 37.3 Å². The summed E-state index contributed by atoms with van der Waals surface area (Å²) < 4.78 is 0. The van der Waals surface area contributed by atoms with E-state index in [0.29, 0.717) is 5.57 Å². The monoisotopic (exact) mass is 156 g/mol. The van der Waals surface area contributed by atoms with Crippen LogP contribution in [0, 0.1) is 5.92 Å². The fourth-order valence-electron chi connectivity index (χ4n) is 1.15. The van der Waals surface area contributed by atoms with Gasteiger partial charge in [0, 0.05) is 5.57 Å². The van der Waals surface area contributed by atoms with E-state index in [1.807, 2.05) is 6.92 Å². The van der Waals surface area contributed by atoms with Gasteiger partial charge >= 0.3 is 5.97 Å². The predicted molar refractivity (Wildman–Crippen MR) is 45.5 cm³/mol. The molecule has 0 rings (SSSR count). The fraction of sp³-hybridized carbons (Fsp3) is 0.667. The Labute approximate surface area is 67.9 Å². The molecule has 0 bridgehead atoms. The third-order valence-electron chi connectivity index (χ3n) is 1.90. The molecule has 1 unspecified atom stereocenters. The standard InChI is InChI=1S/C9H16O2/c1-4-6-8(5-2)7(3)9(10)11/h8H,3-6H2,1-2H3,(H,10,11). The van der Waals surface area contributed by atoms with Crippen molar-refractivity contribution in [1.29, 1.82) is 0 Å². The molecule has 0 heterocycles. The summed E-state index contributed by atoms with van der Waals surface area (Å²) in [7, 11) is 0. The van der Waals surface area contributed by atoms with Gasteiger partial charge in [-0.25, -0.2) is 4.79 Å². The first-order valence-corrected chi connectivity index (χ1v) is 4.05. The second-order valence-electron chi connectivity index (χ2n) is 2.72. The highest BCUT2D eigenvalue weighted by Gasteiger charge is 2.14. The number of carboxylic acids is 1. The van der Waals surface area contributed by atoms with Gasteiger partial charge in [-0.15, -0.1) is 0 Å². The minimum atomic E-state index is -0.856. The van der Waals surface area contributed by atoms with Gasteiger partial charge in [-0.05, 0) is 18.8 Å². The third kappa shape index (κ3) is 3.21. The highest BCUT2D eigenvalue weighted by Crippen LogP contribution is 2.18. The van der Waals surface area contributed by atoms with Crippen molar-refractivity contribution in [3.8, 4) is 0 Å². The van der Waals surface area contributed by atoms with Crippen molar-refractivity contribution < 1.29 is 9.90 Å². The Morgan fingerprint density at radius 2 is 2.09 bits per heavy atom. The van der Waals surface area contributed by atoms with E-state index in [1.54, 1.807) is 0 Å². The molecule has 0 aliphatic heterocycles. The van der Waals surface area contributed by atoms with Gasteiger partial charge in [0.25, 0.3) is 0 Å². The lowest BCUT2D eigenvalue weighted by atomic mass is 9.93. The van der Waals surface area contributed by atoms with Crippen LogP contribution in [0.2, 0.25) is 0 Å². The summed E-state index contributed by atoms with van der Waals surface area (Å²) >= 11 is 0. The first-order chi connectivity index (χ1) is 5.13. The van der Waals surface area contributed by atoms with E-state index in [2.05, 4.69) is 13.5 Å². The first-order valence-electron chi connectivity index (χ1n) is 4.05. The van der Waals surface area contributed by atoms with Crippen LogP contribution in [0.3, 0.4) is 0 Å². The molecule has 11 heavy (non-hydrogen) atoms. The summed E-state index contributed by atoms with van der Waals surface area (Å²) in [6, 6.07) is 0. The van der Waals surface area contributed by atoms with Crippen LogP contribution < -0.4 is 0 Å². The van der Waals surface area contributed by atoms with E-state index in [4.69, 9.17) is 5.11 Å². The molecule has 2 heteroatoms. The number of rotatable bonds is 5. The van der Waals surface area contributed by atoms with E-state index >= 15 is 0 Å². The smallest absolute Gasteiger partial charge is 0.331 e. The lowest BCUT2D eigenvalue weighted by Crippen LogP contribution is -2.10. The van der Waals surface area contributed by atoms with Crippen molar-refractivity contribution in [2.75, 3.05) is 0 Å². The lowest BCUT2D eigenvalue weighted by molar-refractivity contribution is -0.133. The van der Waals surface area contributed by atoms with Gasteiger partial charge in [-0.3, -0.25) is 0 Å². The lowest BCUT2D eigenvalue weighted by Gasteiger charge is -2.12. The maximum atomic E-state index is 10.5. The Kier molecular flexibility index (Phi) is 4.59. The van der Waals surface area contributed by atoms with Gasteiger partial charge in [0.05, 0.1) is 0 Å². The zero-order chi connectivity index (χ0) is 8.85. The molecule has 0 aliphatic carbocycles. The fourth-order valence-corrected chi connectivity index (χ4v) is 1.15. The molecule has 1 N–H and O–H groups in total. The first kappa shape index (κ1) is 10.2. The van der Waals surface area contributed by atoms with Crippen LogP contribution in [0.1, 0.15) is 33.1 Å². The minimum absolute atomic E-state index is 0.164. The average Bonchev–Trinajstić information content (AvgIpc) is 1.98. The molecule has 0 saturated carbocycles. The average molecular weight is 156 g/mol. The quantitative estimate of drug-likeness (QED) is 0.621. The van der Waals surface area contributed by atoms with Gasteiger partial charge in [0.2, 0.25) is 0 Å². The molecule has 0 radical (unpaired) electrons. The van der Waals surface area contributed by atoms with Gasteiger partial charge in [-0.1, -0.05) is 26.8 Å². The molecular formula is C9H16O2. The number of carboxylic acid groups (broad SMARTS) is 1. The van der Waals surface area contributed by atoms with Crippen LogP contribution in [0.4, 0.5) is 0 Å². The molecule has 0 aromatic rings. The van der Waals surface area contributed by atoms with Crippen LogP contribution >= 0.6 is 0 Å². The van der Waals surface area contributed by atoms with Crippen molar-refractivity contribution in [3.63, 3.8) is 0 Å². The molecule has 0 aliphatic rings. The molecular weight excluding hydrogens is 140 g/mol. The van der Waals surface area contributed by atoms with Crippen molar-refractivity contribution in [2.24, 2.45) is 5.92 Å². The normalized spacial score (nSPS) is 12.5. The minimum Gasteiger partial charge on any atom is -0.478 e. The van der Waals surface area contributed by atoms with Crippen molar-refractivity contribution in [1.82, 2.24) is 0 Å². The van der Waals surface area contributed by atoms with Gasteiger partial charge in [0.15, 0.2) is 0 Å². The number of hydrogen-bond acceptors (Lipinski definition) is 1. The van der Waals surface area contributed by atoms with Crippen LogP contribution in [0.5, 0.6) is 0 Å². The Bertz CT molecular complexity index is 150. The van der Waals surface area contributed by atoms with Crippen molar-refractivity contribution in [2.45, 2.75) is 33.1 Å². The highest BCUT2D eigenvalue weighted by atomic mass is 16.4. The Morgan fingerprint density at radius 3 is 2.36 bits per heavy atom. The molecule has 2 nitrogen and oxygen atoms in total. The summed E-state index contributed by atoms with van der Waals surface area (Å²) in [6.07, 6.45) is 2.82. The Morgan fingerprint density at radius 1 is 1.55 bits per heavy atom. The molecule has 0 aromatic carbocycles. The summed E-state index contributed by atoms with van der Waals surface area (Å²) in [5, 5.41) is 8.61. The third-order valence-corrected chi connectivity index (χ3v) is 1.90. The summed E-state index contributed by atoms with van der Waals surface area (Å²) in [5.41, 5.74) is 0.356. The number of carbonyl (C=O) groups is 1. The molecule has 1 atom stereocenters. The molecule has 0 saturated heterocycles. The van der Waals surface area contributed by atoms with Crippen LogP contribution in [0.25, 0.3) is 0 Å². The van der Waals surface area contributed by atoms with Crippen molar-refractivity contribution in [3.05, 3.63) is 12.2 Å². The predicted octanol–water partition coefficient (Wildman–Crippen LogP) is 2.45. The van der Waals surface area contributed by atoms with E-state index < -0.39 is 5.97 Å². The number of hydrogen-bond donors (Lipinski definition) is 1. The summed E-state index contributed by atoms with van der Waals surface area (Å²) in [5.74, 6) is -0.692. The molecule has 0 aromatic heterocycles. The van der Waals surface area contributed by atoms with Gasteiger partial charge in [0.1, 0.15) is 0 Å². The van der Waals surface area contributed by atoms with E-state index in [0.717, 1.165) is 19.3 Å². The zero-order valence-corrected chi connectivity index (χ0v) is 7.26. The summed E-state index contributed by atoms with van der Waals surface area (Å²) in [4.78, 5) is 10.5. The zero-order valence-electron chi connectivity index (χ0n) is 7.26. The maximum Gasteiger partial charge on any atom is 0.331 e. The Hall–Kier alpha value is -0.790. The second-order valence-corrected chi connectivity index (χ2v) is 2.72. The maximum absolute atomic E-state index is 10.5. The van der Waals surface area contributed by atoms with Gasteiger partial charge < -0.3 is 5.11 Å². The van der Waals surface area contributed by atoms with Crippen molar-refractivity contribution >= 4 is 5.97 Å².